The molecule has 3 aromatic rings. The molecule has 0 unspecified atom stereocenters. The summed E-state index contributed by atoms with van der Waals surface area (Å²) >= 11 is 7.63. The van der Waals surface area contributed by atoms with Crippen LogP contribution in [0, 0.1) is 5.92 Å². The quantitative estimate of drug-likeness (QED) is 0.531. The highest BCUT2D eigenvalue weighted by atomic mass is 35.5. The topological polar surface area (TPSA) is 92.7 Å². The van der Waals surface area contributed by atoms with E-state index in [0.29, 0.717) is 10.8 Å². The number of piperidine rings is 1. The van der Waals surface area contributed by atoms with Gasteiger partial charge in [0.15, 0.2) is 10.1 Å². The number of amides is 2. The van der Waals surface area contributed by atoms with Gasteiger partial charge < -0.3 is 16.0 Å². The summed E-state index contributed by atoms with van der Waals surface area (Å²) in [4.78, 5) is 30.9. The lowest BCUT2D eigenvalue weighted by Gasteiger charge is -2.30. The van der Waals surface area contributed by atoms with Crippen LogP contribution in [0.2, 0.25) is 5.15 Å². The second kappa shape index (κ2) is 9.64. The van der Waals surface area contributed by atoms with E-state index in [1.165, 1.54) is 23.0 Å². The largest absolute Gasteiger partial charge is 0.369 e. The zero-order chi connectivity index (χ0) is 21.8. The first kappa shape index (κ1) is 21.5. The van der Waals surface area contributed by atoms with Gasteiger partial charge in [0, 0.05) is 35.8 Å². The number of rotatable bonds is 7. The SMILES string of the molecule is NC(=O)C1CCN(CCc2ccc(NC(=O)/C=C/c3c(Cl)nc4sccn34)cc2)CC1. The molecule has 0 bridgehead atoms. The number of aromatic nitrogens is 2. The fourth-order valence-corrected chi connectivity index (χ4v) is 4.75. The van der Waals surface area contributed by atoms with Gasteiger partial charge >= 0.3 is 0 Å². The molecular weight excluding hydrogens is 434 g/mol. The minimum atomic E-state index is -0.230. The lowest BCUT2D eigenvalue weighted by Crippen LogP contribution is -2.39. The summed E-state index contributed by atoms with van der Waals surface area (Å²) in [5.41, 5.74) is 8.02. The van der Waals surface area contributed by atoms with E-state index in [1.807, 2.05) is 40.2 Å². The van der Waals surface area contributed by atoms with Crippen molar-refractivity contribution in [2.75, 3.05) is 25.0 Å². The number of primary amides is 1. The molecule has 31 heavy (non-hydrogen) atoms. The molecule has 4 rings (SSSR count). The van der Waals surface area contributed by atoms with Crippen molar-refractivity contribution in [3.05, 3.63) is 58.3 Å². The Bertz CT molecular complexity index is 1100. The summed E-state index contributed by atoms with van der Waals surface area (Å²) in [6, 6.07) is 7.86. The Morgan fingerprint density at radius 1 is 1.26 bits per heavy atom. The van der Waals surface area contributed by atoms with Gasteiger partial charge in [0.05, 0.1) is 5.69 Å². The average molecular weight is 458 g/mol. The third-order valence-corrected chi connectivity index (χ3v) is 6.61. The second-order valence-electron chi connectivity index (χ2n) is 7.63. The van der Waals surface area contributed by atoms with Crippen LogP contribution >= 0.6 is 22.9 Å². The number of likely N-dealkylation sites (tertiary alicyclic amines) is 1. The van der Waals surface area contributed by atoms with Crippen molar-refractivity contribution in [1.29, 1.82) is 0 Å². The number of anilines is 1. The van der Waals surface area contributed by atoms with Crippen LogP contribution in [0.5, 0.6) is 0 Å². The Morgan fingerprint density at radius 2 is 2.00 bits per heavy atom. The summed E-state index contributed by atoms with van der Waals surface area (Å²) in [5.74, 6) is -0.388. The smallest absolute Gasteiger partial charge is 0.248 e. The van der Waals surface area contributed by atoms with Gasteiger partial charge in [0.2, 0.25) is 11.8 Å². The van der Waals surface area contributed by atoms with E-state index in [-0.39, 0.29) is 17.7 Å². The molecule has 0 aliphatic carbocycles. The maximum absolute atomic E-state index is 12.3. The van der Waals surface area contributed by atoms with Crippen LogP contribution in [0.4, 0.5) is 5.69 Å². The number of carbonyl (C=O) groups excluding carboxylic acids is 2. The zero-order valence-corrected chi connectivity index (χ0v) is 18.5. The number of hydrogen-bond donors (Lipinski definition) is 2. The van der Waals surface area contributed by atoms with Gasteiger partial charge in [-0.3, -0.25) is 14.0 Å². The molecule has 3 heterocycles. The van der Waals surface area contributed by atoms with Gasteiger partial charge in [-0.1, -0.05) is 23.7 Å². The molecule has 2 aromatic heterocycles. The van der Waals surface area contributed by atoms with Crippen LogP contribution in [-0.2, 0) is 16.0 Å². The molecule has 0 radical (unpaired) electrons. The lowest BCUT2D eigenvalue weighted by molar-refractivity contribution is -0.123. The monoisotopic (exact) mass is 457 g/mol. The summed E-state index contributed by atoms with van der Waals surface area (Å²) in [6.45, 7) is 2.77. The van der Waals surface area contributed by atoms with Gasteiger partial charge in [0.25, 0.3) is 0 Å². The summed E-state index contributed by atoms with van der Waals surface area (Å²) in [6.07, 6.45) is 7.60. The summed E-state index contributed by atoms with van der Waals surface area (Å²) in [7, 11) is 0. The molecule has 0 atom stereocenters. The minimum Gasteiger partial charge on any atom is -0.369 e. The molecule has 1 aliphatic heterocycles. The van der Waals surface area contributed by atoms with Crippen molar-refractivity contribution < 1.29 is 9.59 Å². The molecule has 3 N–H and O–H groups in total. The number of fused-ring (bicyclic) bond motifs is 1. The first-order valence-corrected chi connectivity index (χ1v) is 11.5. The predicted molar refractivity (Wildman–Crippen MR) is 124 cm³/mol. The number of hydrogen-bond acceptors (Lipinski definition) is 5. The van der Waals surface area contributed by atoms with E-state index in [1.54, 1.807) is 6.08 Å². The van der Waals surface area contributed by atoms with Gasteiger partial charge in [-0.2, -0.15) is 0 Å². The van der Waals surface area contributed by atoms with E-state index < -0.39 is 0 Å². The Hall–Kier alpha value is -2.68. The molecule has 1 saturated heterocycles. The maximum atomic E-state index is 12.3. The fourth-order valence-electron chi connectivity index (χ4n) is 3.75. The highest BCUT2D eigenvalue weighted by Crippen LogP contribution is 2.22. The Kier molecular flexibility index (Phi) is 6.70. The second-order valence-corrected chi connectivity index (χ2v) is 8.86. The number of imidazole rings is 1. The first-order chi connectivity index (χ1) is 15.0. The maximum Gasteiger partial charge on any atom is 0.248 e. The van der Waals surface area contributed by atoms with Crippen LogP contribution in [-0.4, -0.2) is 45.7 Å². The van der Waals surface area contributed by atoms with Crippen LogP contribution in [0.1, 0.15) is 24.1 Å². The molecule has 1 aromatic carbocycles. The van der Waals surface area contributed by atoms with Gasteiger partial charge in [0.1, 0.15) is 0 Å². The van der Waals surface area contributed by atoms with Gasteiger partial charge in [-0.15, -0.1) is 11.3 Å². The van der Waals surface area contributed by atoms with E-state index in [2.05, 4.69) is 15.2 Å². The molecule has 9 heteroatoms. The summed E-state index contributed by atoms with van der Waals surface area (Å²) < 4.78 is 1.85. The molecule has 1 fully saturated rings. The Labute approximate surface area is 189 Å². The number of nitrogens with two attached hydrogens (primary N) is 1. The highest BCUT2D eigenvalue weighted by Gasteiger charge is 2.22. The van der Waals surface area contributed by atoms with E-state index in [4.69, 9.17) is 17.3 Å². The molecule has 0 saturated carbocycles. The molecule has 7 nitrogen and oxygen atoms in total. The van der Waals surface area contributed by atoms with Crippen LogP contribution in [0.15, 0.2) is 41.9 Å². The Balaban J connectivity index is 1.26. The minimum absolute atomic E-state index is 0.0226. The van der Waals surface area contributed by atoms with Gasteiger partial charge in [-0.25, -0.2) is 4.98 Å². The van der Waals surface area contributed by atoms with E-state index in [9.17, 15) is 9.59 Å². The van der Waals surface area contributed by atoms with Crippen LogP contribution < -0.4 is 11.1 Å². The van der Waals surface area contributed by atoms with Crippen molar-refractivity contribution in [3.8, 4) is 0 Å². The summed E-state index contributed by atoms with van der Waals surface area (Å²) in [5, 5.41) is 5.16. The molecule has 0 spiro atoms. The van der Waals surface area contributed by atoms with Crippen molar-refractivity contribution >= 4 is 51.5 Å². The molecule has 162 valence electrons. The standard InChI is InChI=1S/C22H24ClN5O2S/c23-20-18(28-13-14-31-22(28)26-20)5-6-19(29)25-17-3-1-15(2-4-17)7-10-27-11-8-16(9-12-27)21(24)30/h1-6,13-14,16H,7-12H2,(H2,24,30)(H,25,29)/b6-5+. The van der Waals surface area contributed by atoms with Crippen molar-refractivity contribution in [2.45, 2.75) is 19.3 Å². The molecule has 1 aliphatic rings. The van der Waals surface area contributed by atoms with Crippen molar-refractivity contribution in [3.63, 3.8) is 0 Å². The number of nitrogens with one attached hydrogen (secondary N) is 1. The fraction of sp³-hybridized carbons (Fsp3) is 0.318. The van der Waals surface area contributed by atoms with E-state index >= 15 is 0 Å². The highest BCUT2D eigenvalue weighted by molar-refractivity contribution is 7.15. The average Bonchev–Trinajstić information content (AvgIpc) is 3.32. The molecule has 2 amide bonds. The third kappa shape index (κ3) is 5.33. The normalized spacial score (nSPS) is 15.6. The van der Waals surface area contributed by atoms with Crippen molar-refractivity contribution in [1.82, 2.24) is 14.3 Å². The van der Waals surface area contributed by atoms with Crippen molar-refractivity contribution in [2.24, 2.45) is 11.7 Å². The number of carbonyl (C=O) groups is 2. The number of halogens is 1. The van der Waals surface area contributed by atoms with Crippen LogP contribution in [0.25, 0.3) is 11.0 Å². The van der Waals surface area contributed by atoms with Gasteiger partial charge in [-0.05, 0) is 56.1 Å². The lowest BCUT2D eigenvalue weighted by atomic mass is 9.96. The zero-order valence-electron chi connectivity index (χ0n) is 17.0. The number of benzene rings is 1. The van der Waals surface area contributed by atoms with Crippen LogP contribution in [0.3, 0.4) is 0 Å². The van der Waals surface area contributed by atoms with E-state index in [0.717, 1.165) is 49.5 Å². The predicted octanol–water partition coefficient (Wildman–Crippen LogP) is 3.44. The Morgan fingerprint density at radius 3 is 2.71 bits per heavy atom. The number of nitrogens with zero attached hydrogens (tertiary/aromatic N) is 3. The first-order valence-electron chi connectivity index (χ1n) is 10.2. The number of thiazole rings is 1. The molecular formula is C22H24ClN5O2S. The third-order valence-electron chi connectivity index (χ3n) is 5.57.